The van der Waals surface area contributed by atoms with Crippen molar-refractivity contribution in [1.29, 1.82) is 0 Å². The minimum atomic E-state index is -0.401. The van der Waals surface area contributed by atoms with E-state index in [1.54, 1.807) is 0 Å². The van der Waals surface area contributed by atoms with Crippen LogP contribution in [0.2, 0.25) is 0 Å². The minimum absolute atomic E-state index is 0.261. The molecule has 0 spiro atoms. The molecule has 1 rings (SSSR count). The average Bonchev–Trinajstić information content (AvgIpc) is 2.21. The third kappa shape index (κ3) is 2.90. The van der Waals surface area contributed by atoms with Gasteiger partial charge in [-0.2, -0.15) is 12.6 Å². The minimum Gasteiger partial charge on any atom is -0.298 e. The van der Waals surface area contributed by atoms with Gasteiger partial charge in [0.25, 0.3) is 0 Å². The standard InChI is InChI=1S/C11H9FOS/c12-11-5-4-9(8-13)7-10(11)3-1-2-6-14/h4-5,7-8,14H,2,6H2. The second-order valence-electron chi connectivity index (χ2n) is 2.63. The van der Waals surface area contributed by atoms with Crippen molar-refractivity contribution >= 4 is 18.9 Å². The van der Waals surface area contributed by atoms with Gasteiger partial charge in [-0.25, -0.2) is 4.39 Å². The van der Waals surface area contributed by atoms with Crippen molar-refractivity contribution in [3.8, 4) is 11.8 Å². The Bertz CT molecular complexity index is 390. The molecule has 1 nitrogen and oxygen atoms in total. The van der Waals surface area contributed by atoms with E-state index in [2.05, 4.69) is 24.5 Å². The highest BCUT2D eigenvalue weighted by Crippen LogP contribution is 2.07. The molecule has 0 aliphatic rings. The number of halogens is 1. The van der Waals surface area contributed by atoms with Gasteiger partial charge in [0.05, 0.1) is 5.56 Å². The van der Waals surface area contributed by atoms with Crippen LogP contribution in [0.25, 0.3) is 0 Å². The van der Waals surface area contributed by atoms with E-state index in [4.69, 9.17) is 0 Å². The van der Waals surface area contributed by atoms with Crippen molar-refractivity contribution < 1.29 is 9.18 Å². The summed E-state index contributed by atoms with van der Waals surface area (Å²) in [5.41, 5.74) is 0.693. The number of carbonyl (C=O) groups excluding carboxylic acids is 1. The summed E-state index contributed by atoms with van der Waals surface area (Å²) in [6.45, 7) is 0. The summed E-state index contributed by atoms with van der Waals surface area (Å²) in [5.74, 6) is 5.66. The zero-order valence-corrected chi connectivity index (χ0v) is 8.35. The largest absolute Gasteiger partial charge is 0.298 e. The first-order valence-corrected chi connectivity index (χ1v) is 4.75. The van der Waals surface area contributed by atoms with Crippen LogP contribution in [-0.2, 0) is 0 Å². The molecule has 0 aliphatic heterocycles. The van der Waals surface area contributed by atoms with Crippen LogP contribution in [-0.4, -0.2) is 12.0 Å². The van der Waals surface area contributed by atoms with Crippen molar-refractivity contribution in [2.24, 2.45) is 0 Å². The fourth-order valence-corrected chi connectivity index (χ4v) is 1.04. The van der Waals surface area contributed by atoms with Gasteiger partial charge < -0.3 is 0 Å². The zero-order chi connectivity index (χ0) is 10.4. The number of aldehydes is 1. The van der Waals surface area contributed by atoms with Crippen molar-refractivity contribution in [1.82, 2.24) is 0 Å². The quantitative estimate of drug-likeness (QED) is 0.448. The fraction of sp³-hybridized carbons (Fsp3) is 0.182. The maximum atomic E-state index is 13.1. The second-order valence-corrected chi connectivity index (χ2v) is 3.08. The van der Waals surface area contributed by atoms with E-state index < -0.39 is 5.82 Å². The lowest BCUT2D eigenvalue weighted by Crippen LogP contribution is -1.87. The molecule has 72 valence electrons. The van der Waals surface area contributed by atoms with Gasteiger partial charge in [-0.1, -0.05) is 11.8 Å². The Kier molecular flexibility index (Phi) is 4.21. The van der Waals surface area contributed by atoms with Crippen LogP contribution in [0.1, 0.15) is 22.3 Å². The molecule has 14 heavy (non-hydrogen) atoms. The molecular formula is C11H9FOS. The van der Waals surface area contributed by atoms with Gasteiger partial charge in [-0.05, 0) is 18.2 Å². The molecule has 1 aromatic rings. The molecule has 0 unspecified atom stereocenters. The number of hydrogen-bond acceptors (Lipinski definition) is 2. The lowest BCUT2D eigenvalue weighted by Gasteiger charge is -1.94. The van der Waals surface area contributed by atoms with E-state index >= 15 is 0 Å². The zero-order valence-electron chi connectivity index (χ0n) is 7.46. The maximum Gasteiger partial charge on any atom is 0.150 e. The van der Waals surface area contributed by atoms with Gasteiger partial charge in [0, 0.05) is 17.7 Å². The molecule has 0 fully saturated rings. The summed E-state index contributed by atoms with van der Waals surface area (Å²) < 4.78 is 13.1. The summed E-state index contributed by atoms with van der Waals surface area (Å²) in [4.78, 5) is 10.4. The number of thiol groups is 1. The average molecular weight is 208 g/mol. The Morgan fingerprint density at radius 3 is 2.93 bits per heavy atom. The normalized spacial score (nSPS) is 9.00. The number of hydrogen-bond donors (Lipinski definition) is 1. The molecule has 0 radical (unpaired) electrons. The topological polar surface area (TPSA) is 17.1 Å². The fourth-order valence-electron chi connectivity index (χ4n) is 0.926. The molecular weight excluding hydrogens is 199 g/mol. The Morgan fingerprint density at radius 2 is 2.29 bits per heavy atom. The van der Waals surface area contributed by atoms with Crippen LogP contribution in [0.3, 0.4) is 0 Å². The van der Waals surface area contributed by atoms with Crippen LogP contribution >= 0.6 is 12.6 Å². The predicted octanol–water partition coefficient (Wildman–Crippen LogP) is 2.31. The Labute approximate surface area is 87.7 Å². The Morgan fingerprint density at radius 1 is 1.50 bits per heavy atom. The SMILES string of the molecule is O=Cc1ccc(F)c(C#CCCS)c1. The molecule has 1 aromatic carbocycles. The van der Waals surface area contributed by atoms with E-state index in [0.29, 0.717) is 24.0 Å². The molecule has 0 amide bonds. The lowest BCUT2D eigenvalue weighted by atomic mass is 10.1. The molecule has 0 saturated heterocycles. The van der Waals surface area contributed by atoms with E-state index in [-0.39, 0.29) is 5.56 Å². The first kappa shape index (κ1) is 10.8. The summed E-state index contributed by atoms with van der Waals surface area (Å²) in [7, 11) is 0. The highest BCUT2D eigenvalue weighted by atomic mass is 32.1. The van der Waals surface area contributed by atoms with Gasteiger partial charge in [0.1, 0.15) is 12.1 Å². The summed E-state index contributed by atoms with van der Waals surface area (Å²) >= 11 is 3.98. The van der Waals surface area contributed by atoms with Gasteiger partial charge in [0.2, 0.25) is 0 Å². The molecule has 0 aromatic heterocycles. The van der Waals surface area contributed by atoms with Crippen LogP contribution in [0, 0.1) is 17.7 Å². The van der Waals surface area contributed by atoms with Crippen molar-refractivity contribution in [3.63, 3.8) is 0 Å². The smallest absolute Gasteiger partial charge is 0.150 e. The van der Waals surface area contributed by atoms with Crippen molar-refractivity contribution in [3.05, 3.63) is 35.1 Å². The summed E-state index contributed by atoms with van der Waals surface area (Å²) in [6, 6.07) is 4.11. The molecule has 0 N–H and O–H groups in total. The molecule has 0 heterocycles. The first-order valence-electron chi connectivity index (χ1n) is 4.12. The van der Waals surface area contributed by atoms with Crippen LogP contribution in [0.5, 0.6) is 0 Å². The van der Waals surface area contributed by atoms with Crippen LogP contribution in [0.15, 0.2) is 18.2 Å². The highest BCUT2D eigenvalue weighted by Gasteiger charge is 1.99. The number of rotatable bonds is 2. The van der Waals surface area contributed by atoms with Gasteiger partial charge >= 0.3 is 0 Å². The Hall–Kier alpha value is -1.27. The molecule has 3 heteroatoms. The van der Waals surface area contributed by atoms with E-state index in [1.807, 2.05) is 0 Å². The van der Waals surface area contributed by atoms with Crippen LogP contribution < -0.4 is 0 Å². The second kappa shape index (κ2) is 5.46. The van der Waals surface area contributed by atoms with E-state index in [9.17, 15) is 9.18 Å². The van der Waals surface area contributed by atoms with E-state index in [1.165, 1.54) is 18.2 Å². The first-order chi connectivity index (χ1) is 6.77. The van der Waals surface area contributed by atoms with E-state index in [0.717, 1.165) is 0 Å². The molecule has 0 atom stereocenters. The van der Waals surface area contributed by atoms with Crippen molar-refractivity contribution in [2.45, 2.75) is 6.42 Å². The van der Waals surface area contributed by atoms with Crippen molar-refractivity contribution in [2.75, 3.05) is 5.75 Å². The molecule has 0 aliphatic carbocycles. The molecule has 0 bridgehead atoms. The number of benzene rings is 1. The highest BCUT2D eigenvalue weighted by molar-refractivity contribution is 7.80. The third-order valence-electron chi connectivity index (χ3n) is 1.59. The van der Waals surface area contributed by atoms with Gasteiger partial charge in [0.15, 0.2) is 0 Å². The number of carbonyl (C=O) groups is 1. The maximum absolute atomic E-state index is 13.1. The van der Waals surface area contributed by atoms with Gasteiger partial charge in [-0.3, -0.25) is 4.79 Å². The monoisotopic (exact) mass is 208 g/mol. The summed E-state index contributed by atoms with van der Waals surface area (Å²) in [6.07, 6.45) is 1.27. The predicted molar refractivity (Wildman–Crippen MR) is 57.1 cm³/mol. The molecule has 0 saturated carbocycles. The lowest BCUT2D eigenvalue weighted by molar-refractivity contribution is 0.112. The van der Waals surface area contributed by atoms with Crippen LogP contribution in [0.4, 0.5) is 4.39 Å². The Balaban J connectivity index is 2.96. The van der Waals surface area contributed by atoms with Gasteiger partial charge in [-0.15, -0.1) is 0 Å². The third-order valence-corrected chi connectivity index (χ3v) is 1.81. The summed E-state index contributed by atoms with van der Waals surface area (Å²) in [5, 5.41) is 0.